The summed E-state index contributed by atoms with van der Waals surface area (Å²) in [6.45, 7) is 4.83. The second-order valence-corrected chi connectivity index (χ2v) is 5.54. The van der Waals surface area contributed by atoms with E-state index < -0.39 is 0 Å². The summed E-state index contributed by atoms with van der Waals surface area (Å²) in [5.41, 5.74) is 3.55. The Morgan fingerprint density at radius 1 is 1.19 bits per heavy atom. The maximum atomic E-state index is 6.42. The molecule has 2 aromatic rings. The summed E-state index contributed by atoms with van der Waals surface area (Å²) in [7, 11) is 2.07. The maximum Gasteiger partial charge on any atom is 0.0642 e. The summed E-state index contributed by atoms with van der Waals surface area (Å²) < 4.78 is 0. The number of pyridine rings is 1. The fourth-order valence-corrected chi connectivity index (χ4v) is 2.71. The molecule has 0 saturated carbocycles. The lowest BCUT2D eigenvalue weighted by molar-refractivity contribution is 0.673. The first-order chi connectivity index (χ1) is 10.2. The molecule has 1 N–H and O–H groups in total. The molecular formula is C17H22ClN3. The van der Waals surface area contributed by atoms with Gasteiger partial charge >= 0.3 is 0 Å². The zero-order valence-corrected chi connectivity index (χ0v) is 13.4. The first kappa shape index (κ1) is 15.8. The Kier molecular flexibility index (Phi) is 6.03. The lowest BCUT2D eigenvalue weighted by Crippen LogP contribution is -2.21. The van der Waals surface area contributed by atoms with Crippen molar-refractivity contribution in [1.29, 1.82) is 0 Å². The summed E-state index contributed by atoms with van der Waals surface area (Å²) in [6, 6.07) is 10.1. The lowest BCUT2D eigenvalue weighted by atomic mass is 10.1. The monoisotopic (exact) mass is 303 g/mol. The van der Waals surface area contributed by atoms with Gasteiger partial charge in [0.2, 0.25) is 0 Å². The van der Waals surface area contributed by atoms with Crippen LogP contribution in [0.15, 0.2) is 42.7 Å². The third-order valence-corrected chi connectivity index (χ3v) is 3.67. The van der Waals surface area contributed by atoms with E-state index in [1.807, 2.05) is 36.7 Å². The number of hydrogen-bond donors (Lipinski definition) is 1. The van der Waals surface area contributed by atoms with Crippen LogP contribution in [0.3, 0.4) is 0 Å². The number of halogens is 1. The number of hydrogen-bond acceptors (Lipinski definition) is 3. The third kappa shape index (κ3) is 4.45. The Hall–Kier alpha value is -1.58. The molecule has 0 aliphatic rings. The van der Waals surface area contributed by atoms with Gasteiger partial charge in [-0.1, -0.05) is 30.7 Å². The number of nitrogens with zero attached hydrogens (tertiary/aromatic N) is 2. The van der Waals surface area contributed by atoms with Crippen molar-refractivity contribution in [3.8, 4) is 0 Å². The highest BCUT2D eigenvalue weighted by Crippen LogP contribution is 2.30. The fourth-order valence-electron chi connectivity index (χ4n) is 2.37. The van der Waals surface area contributed by atoms with Crippen molar-refractivity contribution in [3.05, 3.63) is 58.9 Å². The van der Waals surface area contributed by atoms with Crippen LogP contribution in [0.5, 0.6) is 0 Å². The molecule has 0 aliphatic heterocycles. The molecule has 0 aliphatic carbocycles. The largest absolute Gasteiger partial charge is 0.369 e. The van der Waals surface area contributed by atoms with Gasteiger partial charge in [0, 0.05) is 32.5 Å². The third-order valence-electron chi connectivity index (χ3n) is 3.36. The predicted molar refractivity (Wildman–Crippen MR) is 89.8 cm³/mol. The van der Waals surface area contributed by atoms with Gasteiger partial charge in [-0.2, -0.15) is 0 Å². The van der Waals surface area contributed by atoms with Crippen LogP contribution in [-0.2, 0) is 13.1 Å². The molecule has 0 amide bonds. The van der Waals surface area contributed by atoms with Gasteiger partial charge in [0.15, 0.2) is 0 Å². The van der Waals surface area contributed by atoms with E-state index >= 15 is 0 Å². The zero-order chi connectivity index (χ0) is 15.1. The van der Waals surface area contributed by atoms with Crippen molar-refractivity contribution in [3.63, 3.8) is 0 Å². The normalized spacial score (nSPS) is 10.6. The molecule has 0 spiro atoms. The Bertz CT molecular complexity index is 557. The quantitative estimate of drug-likeness (QED) is 0.787. The fraction of sp³-hybridized carbons (Fsp3) is 0.353. The van der Waals surface area contributed by atoms with Crippen LogP contribution in [0, 0.1) is 0 Å². The van der Waals surface area contributed by atoms with Crippen LogP contribution < -0.4 is 10.2 Å². The van der Waals surface area contributed by atoms with E-state index in [1.54, 1.807) is 0 Å². The van der Waals surface area contributed by atoms with E-state index in [0.717, 1.165) is 36.8 Å². The summed E-state index contributed by atoms with van der Waals surface area (Å²) in [4.78, 5) is 6.25. The summed E-state index contributed by atoms with van der Waals surface area (Å²) >= 11 is 6.42. The highest BCUT2D eigenvalue weighted by molar-refractivity contribution is 6.33. The van der Waals surface area contributed by atoms with Crippen molar-refractivity contribution in [2.75, 3.05) is 18.5 Å². The van der Waals surface area contributed by atoms with Crippen molar-refractivity contribution in [2.24, 2.45) is 0 Å². The Labute approximate surface area is 132 Å². The van der Waals surface area contributed by atoms with Crippen LogP contribution in [-0.4, -0.2) is 18.6 Å². The number of benzene rings is 1. The Morgan fingerprint density at radius 3 is 2.67 bits per heavy atom. The van der Waals surface area contributed by atoms with E-state index in [1.165, 1.54) is 11.1 Å². The van der Waals surface area contributed by atoms with Gasteiger partial charge < -0.3 is 10.2 Å². The molecule has 112 valence electrons. The lowest BCUT2D eigenvalue weighted by Gasteiger charge is -2.24. The SMILES string of the molecule is CCCNCc1cccc(Cl)c1N(C)Cc1ccncc1. The van der Waals surface area contributed by atoms with Gasteiger partial charge in [-0.05, 0) is 42.3 Å². The predicted octanol–water partition coefficient (Wildman–Crippen LogP) is 3.87. The van der Waals surface area contributed by atoms with E-state index in [0.29, 0.717) is 0 Å². The van der Waals surface area contributed by atoms with E-state index in [4.69, 9.17) is 11.6 Å². The van der Waals surface area contributed by atoms with Crippen molar-refractivity contribution >= 4 is 17.3 Å². The van der Waals surface area contributed by atoms with Crippen molar-refractivity contribution < 1.29 is 0 Å². The van der Waals surface area contributed by atoms with Gasteiger partial charge in [-0.15, -0.1) is 0 Å². The van der Waals surface area contributed by atoms with Crippen LogP contribution in [0.2, 0.25) is 5.02 Å². The molecule has 0 radical (unpaired) electrons. The van der Waals surface area contributed by atoms with Gasteiger partial charge in [0.25, 0.3) is 0 Å². The number of anilines is 1. The van der Waals surface area contributed by atoms with Crippen molar-refractivity contribution in [1.82, 2.24) is 10.3 Å². The number of aromatic nitrogens is 1. The maximum absolute atomic E-state index is 6.42. The number of rotatable bonds is 7. The second kappa shape index (κ2) is 8.01. The summed E-state index contributed by atoms with van der Waals surface area (Å²) in [5.74, 6) is 0. The van der Waals surface area contributed by atoms with Gasteiger partial charge in [-0.25, -0.2) is 0 Å². The highest BCUT2D eigenvalue weighted by Gasteiger charge is 2.11. The molecule has 21 heavy (non-hydrogen) atoms. The summed E-state index contributed by atoms with van der Waals surface area (Å²) in [6.07, 6.45) is 4.77. The van der Waals surface area contributed by atoms with Crippen molar-refractivity contribution in [2.45, 2.75) is 26.4 Å². The molecule has 0 atom stereocenters. The van der Waals surface area contributed by atoms with Gasteiger partial charge in [0.05, 0.1) is 10.7 Å². The van der Waals surface area contributed by atoms with Crippen LogP contribution >= 0.6 is 11.6 Å². The molecule has 0 fully saturated rings. The molecule has 1 heterocycles. The highest BCUT2D eigenvalue weighted by atomic mass is 35.5. The molecule has 3 nitrogen and oxygen atoms in total. The van der Waals surface area contributed by atoms with E-state index in [9.17, 15) is 0 Å². The topological polar surface area (TPSA) is 28.2 Å². The van der Waals surface area contributed by atoms with Gasteiger partial charge in [0.1, 0.15) is 0 Å². The molecular weight excluding hydrogens is 282 g/mol. The second-order valence-electron chi connectivity index (χ2n) is 5.14. The molecule has 1 aromatic carbocycles. The average molecular weight is 304 g/mol. The molecule has 0 unspecified atom stereocenters. The molecule has 2 rings (SSSR count). The zero-order valence-electron chi connectivity index (χ0n) is 12.6. The van der Waals surface area contributed by atoms with Crippen LogP contribution in [0.25, 0.3) is 0 Å². The Morgan fingerprint density at radius 2 is 1.95 bits per heavy atom. The van der Waals surface area contributed by atoms with E-state index in [-0.39, 0.29) is 0 Å². The molecule has 0 bridgehead atoms. The number of para-hydroxylation sites is 1. The first-order valence-corrected chi connectivity index (χ1v) is 7.68. The molecule has 4 heteroatoms. The first-order valence-electron chi connectivity index (χ1n) is 7.30. The minimum absolute atomic E-state index is 0.794. The standard InChI is InChI=1S/C17H22ClN3/c1-3-9-20-12-15-5-4-6-16(18)17(15)21(2)13-14-7-10-19-11-8-14/h4-8,10-11,20H,3,9,12-13H2,1-2H3. The number of nitrogens with one attached hydrogen (secondary N) is 1. The van der Waals surface area contributed by atoms with Gasteiger partial charge in [-0.3, -0.25) is 4.98 Å². The smallest absolute Gasteiger partial charge is 0.0642 e. The van der Waals surface area contributed by atoms with Crippen LogP contribution in [0.1, 0.15) is 24.5 Å². The minimum atomic E-state index is 0.794. The average Bonchev–Trinajstić information content (AvgIpc) is 2.48. The molecule has 1 aromatic heterocycles. The molecule has 0 saturated heterocycles. The van der Waals surface area contributed by atoms with Crippen LogP contribution in [0.4, 0.5) is 5.69 Å². The van der Waals surface area contributed by atoms with E-state index in [2.05, 4.69) is 35.2 Å². The summed E-state index contributed by atoms with van der Waals surface area (Å²) in [5, 5.41) is 4.24. The Balaban J connectivity index is 2.16. The minimum Gasteiger partial charge on any atom is -0.369 e.